The predicted octanol–water partition coefficient (Wildman–Crippen LogP) is 4.25. The zero-order valence-electron chi connectivity index (χ0n) is 14.7. The van der Waals surface area contributed by atoms with Crippen LogP contribution in [0.4, 0.5) is 23.1 Å². The minimum atomic E-state index is 0.611. The van der Waals surface area contributed by atoms with Crippen molar-refractivity contribution in [1.82, 2.24) is 20.2 Å². The smallest absolute Gasteiger partial charge is 0.251 e. The predicted molar refractivity (Wildman–Crippen MR) is 107 cm³/mol. The SMILES string of the molecule is c1ccc2c(c1)CCCN2c1nncc(Nc2cccc3cccnc23)n1. The van der Waals surface area contributed by atoms with Crippen LogP contribution in [-0.4, -0.2) is 26.7 Å². The van der Waals surface area contributed by atoms with Gasteiger partial charge in [-0.1, -0.05) is 36.4 Å². The van der Waals surface area contributed by atoms with Gasteiger partial charge in [0.15, 0.2) is 5.82 Å². The lowest BCUT2D eigenvalue weighted by Gasteiger charge is -2.29. The van der Waals surface area contributed by atoms with Crippen molar-refractivity contribution in [3.63, 3.8) is 0 Å². The molecule has 27 heavy (non-hydrogen) atoms. The minimum Gasteiger partial charge on any atom is -0.337 e. The van der Waals surface area contributed by atoms with Crippen LogP contribution in [0.5, 0.6) is 0 Å². The maximum atomic E-state index is 4.71. The molecule has 0 amide bonds. The summed E-state index contributed by atoms with van der Waals surface area (Å²) in [4.78, 5) is 11.3. The van der Waals surface area contributed by atoms with Crippen LogP contribution < -0.4 is 10.2 Å². The van der Waals surface area contributed by atoms with E-state index >= 15 is 0 Å². The van der Waals surface area contributed by atoms with Crippen LogP contribution in [0, 0.1) is 0 Å². The van der Waals surface area contributed by atoms with E-state index in [1.54, 1.807) is 12.4 Å². The molecule has 0 saturated carbocycles. The third-order valence-electron chi connectivity index (χ3n) is 4.79. The number of hydrogen-bond donors (Lipinski definition) is 1. The molecule has 6 nitrogen and oxygen atoms in total. The van der Waals surface area contributed by atoms with Gasteiger partial charge in [-0.15, -0.1) is 5.10 Å². The number of fused-ring (bicyclic) bond motifs is 2. The fourth-order valence-corrected chi connectivity index (χ4v) is 3.55. The van der Waals surface area contributed by atoms with Crippen molar-refractivity contribution in [2.24, 2.45) is 0 Å². The van der Waals surface area contributed by atoms with Gasteiger partial charge in [0.25, 0.3) is 5.95 Å². The standard InChI is InChI=1S/C21H18N6/c1-2-11-18-15(6-1)9-5-13-27(18)21-25-19(14-23-26-21)24-17-10-3-7-16-8-4-12-22-20(16)17/h1-4,6-8,10-12,14H,5,9,13H2,(H,24,25,26). The quantitative estimate of drug-likeness (QED) is 0.593. The van der Waals surface area contributed by atoms with Crippen LogP contribution in [0.25, 0.3) is 10.9 Å². The third-order valence-corrected chi connectivity index (χ3v) is 4.79. The van der Waals surface area contributed by atoms with Gasteiger partial charge >= 0.3 is 0 Å². The fourth-order valence-electron chi connectivity index (χ4n) is 3.55. The zero-order chi connectivity index (χ0) is 18.1. The van der Waals surface area contributed by atoms with Crippen molar-refractivity contribution in [2.75, 3.05) is 16.8 Å². The number of aromatic nitrogens is 4. The van der Waals surface area contributed by atoms with Gasteiger partial charge in [-0.05, 0) is 36.6 Å². The van der Waals surface area contributed by atoms with E-state index in [9.17, 15) is 0 Å². The average Bonchev–Trinajstić information content (AvgIpc) is 2.74. The van der Waals surface area contributed by atoms with Crippen LogP contribution in [0.3, 0.4) is 0 Å². The van der Waals surface area contributed by atoms with Gasteiger partial charge in [-0.3, -0.25) is 4.98 Å². The molecule has 2 aromatic carbocycles. The summed E-state index contributed by atoms with van der Waals surface area (Å²) in [5.41, 5.74) is 4.29. The third kappa shape index (κ3) is 2.95. The lowest BCUT2D eigenvalue weighted by atomic mass is 10.0. The molecule has 4 aromatic rings. The molecule has 0 bridgehead atoms. The summed E-state index contributed by atoms with van der Waals surface area (Å²) in [6, 6.07) is 18.4. The Morgan fingerprint density at radius 2 is 1.89 bits per heavy atom. The maximum Gasteiger partial charge on any atom is 0.251 e. The molecule has 0 unspecified atom stereocenters. The second-order valence-corrected chi connectivity index (χ2v) is 6.53. The molecule has 0 fully saturated rings. The number of anilines is 4. The second kappa shape index (κ2) is 6.64. The number of aryl methyl sites for hydroxylation is 1. The van der Waals surface area contributed by atoms with Crippen molar-refractivity contribution < 1.29 is 0 Å². The van der Waals surface area contributed by atoms with Crippen molar-refractivity contribution in [3.05, 3.63) is 72.6 Å². The maximum absolute atomic E-state index is 4.71. The highest BCUT2D eigenvalue weighted by molar-refractivity contribution is 5.91. The van der Waals surface area contributed by atoms with Gasteiger partial charge < -0.3 is 10.2 Å². The van der Waals surface area contributed by atoms with Gasteiger partial charge in [0.05, 0.1) is 17.4 Å². The molecule has 0 spiro atoms. The Morgan fingerprint density at radius 1 is 0.963 bits per heavy atom. The van der Waals surface area contributed by atoms with E-state index in [0.717, 1.165) is 41.7 Å². The Hall–Kier alpha value is -3.54. The largest absolute Gasteiger partial charge is 0.337 e. The zero-order valence-corrected chi connectivity index (χ0v) is 14.7. The number of nitrogens with zero attached hydrogens (tertiary/aromatic N) is 5. The van der Waals surface area contributed by atoms with Crippen LogP contribution in [-0.2, 0) is 6.42 Å². The molecule has 5 rings (SSSR count). The Kier molecular flexibility index (Phi) is 3.86. The molecule has 2 aromatic heterocycles. The van der Waals surface area contributed by atoms with E-state index in [2.05, 4.69) is 49.7 Å². The van der Waals surface area contributed by atoms with Gasteiger partial charge in [-0.2, -0.15) is 10.1 Å². The highest BCUT2D eigenvalue weighted by Crippen LogP contribution is 2.31. The first kappa shape index (κ1) is 15.7. The summed E-state index contributed by atoms with van der Waals surface area (Å²) in [6.45, 7) is 0.887. The number of rotatable bonds is 3. The Morgan fingerprint density at radius 3 is 2.89 bits per heavy atom. The van der Waals surface area contributed by atoms with E-state index in [1.165, 1.54) is 5.56 Å². The number of hydrogen-bond acceptors (Lipinski definition) is 6. The first-order valence-corrected chi connectivity index (χ1v) is 9.04. The van der Waals surface area contributed by atoms with E-state index in [4.69, 9.17) is 4.98 Å². The molecule has 0 radical (unpaired) electrons. The Bertz CT molecular complexity index is 1110. The summed E-state index contributed by atoms with van der Waals surface area (Å²) in [5, 5.41) is 12.9. The first-order valence-electron chi connectivity index (χ1n) is 9.04. The Labute approximate surface area is 156 Å². The van der Waals surface area contributed by atoms with Gasteiger partial charge in [0, 0.05) is 23.8 Å². The molecule has 1 N–H and O–H groups in total. The average molecular weight is 354 g/mol. The summed E-state index contributed by atoms with van der Waals surface area (Å²) >= 11 is 0. The summed E-state index contributed by atoms with van der Waals surface area (Å²) in [5.74, 6) is 1.27. The van der Waals surface area contributed by atoms with Crippen molar-refractivity contribution >= 4 is 34.0 Å². The summed E-state index contributed by atoms with van der Waals surface area (Å²) in [6.07, 6.45) is 5.59. The normalized spacial score (nSPS) is 13.4. The minimum absolute atomic E-state index is 0.611. The number of benzene rings is 2. The molecule has 6 heteroatoms. The van der Waals surface area contributed by atoms with E-state index in [1.807, 2.05) is 30.3 Å². The summed E-state index contributed by atoms with van der Waals surface area (Å²) < 4.78 is 0. The second-order valence-electron chi connectivity index (χ2n) is 6.53. The van der Waals surface area contributed by atoms with E-state index in [0.29, 0.717) is 11.8 Å². The molecule has 0 saturated heterocycles. The number of nitrogens with one attached hydrogen (secondary N) is 1. The highest BCUT2D eigenvalue weighted by atomic mass is 15.3. The molecule has 1 aliphatic rings. The molecule has 3 heterocycles. The van der Waals surface area contributed by atoms with Crippen LogP contribution in [0.2, 0.25) is 0 Å². The molecule has 132 valence electrons. The van der Waals surface area contributed by atoms with Crippen molar-refractivity contribution in [2.45, 2.75) is 12.8 Å². The van der Waals surface area contributed by atoms with Gasteiger partial charge in [0.2, 0.25) is 0 Å². The van der Waals surface area contributed by atoms with Gasteiger partial charge in [-0.25, -0.2) is 0 Å². The summed E-state index contributed by atoms with van der Waals surface area (Å²) in [7, 11) is 0. The monoisotopic (exact) mass is 354 g/mol. The molecular formula is C21H18N6. The van der Waals surface area contributed by atoms with Crippen LogP contribution in [0.1, 0.15) is 12.0 Å². The fraction of sp³-hybridized carbons (Fsp3) is 0.143. The van der Waals surface area contributed by atoms with Crippen LogP contribution >= 0.6 is 0 Å². The van der Waals surface area contributed by atoms with E-state index in [-0.39, 0.29) is 0 Å². The van der Waals surface area contributed by atoms with Crippen LogP contribution in [0.15, 0.2) is 67.0 Å². The molecule has 0 atom stereocenters. The number of pyridine rings is 1. The van der Waals surface area contributed by atoms with Gasteiger partial charge in [0.1, 0.15) is 0 Å². The lowest BCUT2D eigenvalue weighted by Crippen LogP contribution is -2.26. The Balaban J connectivity index is 1.50. The van der Waals surface area contributed by atoms with E-state index < -0.39 is 0 Å². The topological polar surface area (TPSA) is 66.8 Å². The number of para-hydroxylation sites is 2. The van der Waals surface area contributed by atoms with Crippen molar-refractivity contribution in [3.8, 4) is 0 Å². The first-order chi connectivity index (χ1) is 13.4. The molecule has 0 aliphatic carbocycles. The molecular weight excluding hydrogens is 336 g/mol. The lowest BCUT2D eigenvalue weighted by molar-refractivity contribution is 0.742. The van der Waals surface area contributed by atoms with Crippen molar-refractivity contribution in [1.29, 1.82) is 0 Å². The molecule has 1 aliphatic heterocycles. The highest BCUT2D eigenvalue weighted by Gasteiger charge is 2.20.